The van der Waals surface area contributed by atoms with Crippen molar-refractivity contribution in [3.63, 3.8) is 0 Å². The van der Waals surface area contributed by atoms with E-state index in [9.17, 15) is 4.79 Å². The first kappa shape index (κ1) is 22.9. The summed E-state index contributed by atoms with van der Waals surface area (Å²) in [6, 6.07) is 8.54. The highest BCUT2D eigenvalue weighted by Gasteiger charge is 2.25. The minimum Gasteiger partial charge on any atom is -0.353 e. The fourth-order valence-corrected chi connectivity index (χ4v) is 4.14. The average molecular weight is 416 g/mol. The molecule has 1 amide bonds. The van der Waals surface area contributed by atoms with Gasteiger partial charge in [-0.05, 0) is 32.2 Å². The maximum absolute atomic E-state index is 12.3. The Labute approximate surface area is 171 Å². The molecule has 0 saturated heterocycles. The summed E-state index contributed by atoms with van der Waals surface area (Å²) in [5.74, 6) is 0.474. The minimum atomic E-state index is 0. The molecule has 2 aromatic rings. The van der Waals surface area contributed by atoms with E-state index in [-0.39, 0.29) is 36.8 Å². The largest absolute Gasteiger partial charge is 0.353 e. The summed E-state index contributed by atoms with van der Waals surface area (Å²) >= 11 is 1.59. The minimum absolute atomic E-state index is 0. The van der Waals surface area contributed by atoms with E-state index in [1.807, 2.05) is 5.38 Å². The van der Waals surface area contributed by atoms with Crippen molar-refractivity contribution in [2.24, 2.45) is 11.7 Å². The first-order valence-corrected chi connectivity index (χ1v) is 9.54. The molecule has 1 aromatic heterocycles. The van der Waals surface area contributed by atoms with E-state index >= 15 is 0 Å². The number of rotatable bonds is 5. The number of aryl methyl sites for hydroxylation is 1. The molecule has 7 heteroatoms. The SMILES string of the molecule is Cc1ccc(-c2nc(CC(=O)NC3CCCCC3CN)cs2)cc1.Cl.Cl. The van der Waals surface area contributed by atoms with Crippen molar-refractivity contribution in [3.05, 3.63) is 40.9 Å². The molecule has 26 heavy (non-hydrogen) atoms. The van der Waals surface area contributed by atoms with Crippen LogP contribution < -0.4 is 11.1 Å². The molecule has 2 unspecified atom stereocenters. The lowest BCUT2D eigenvalue weighted by Gasteiger charge is -2.31. The predicted octanol–water partition coefficient (Wildman–Crippen LogP) is 4.14. The van der Waals surface area contributed by atoms with Gasteiger partial charge in [0.2, 0.25) is 5.91 Å². The van der Waals surface area contributed by atoms with Crippen LogP contribution in [0.25, 0.3) is 10.6 Å². The molecule has 3 N–H and O–H groups in total. The first-order valence-electron chi connectivity index (χ1n) is 8.66. The molecule has 2 atom stereocenters. The summed E-state index contributed by atoms with van der Waals surface area (Å²) in [7, 11) is 0. The number of nitrogens with zero attached hydrogens (tertiary/aromatic N) is 1. The van der Waals surface area contributed by atoms with E-state index < -0.39 is 0 Å². The highest BCUT2D eigenvalue weighted by molar-refractivity contribution is 7.13. The van der Waals surface area contributed by atoms with Gasteiger partial charge in [-0.25, -0.2) is 4.98 Å². The van der Waals surface area contributed by atoms with Crippen molar-refractivity contribution in [1.29, 1.82) is 0 Å². The second kappa shape index (κ2) is 10.9. The first-order chi connectivity index (χ1) is 11.7. The van der Waals surface area contributed by atoms with Crippen molar-refractivity contribution in [2.75, 3.05) is 6.54 Å². The van der Waals surface area contributed by atoms with Crippen molar-refractivity contribution >= 4 is 42.1 Å². The highest BCUT2D eigenvalue weighted by atomic mass is 35.5. The number of carbonyl (C=O) groups excluding carboxylic acids is 1. The van der Waals surface area contributed by atoms with E-state index in [1.54, 1.807) is 11.3 Å². The van der Waals surface area contributed by atoms with Gasteiger partial charge in [-0.15, -0.1) is 36.2 Å². The summed E-state index contributed by atoms with van der Waals surface area (Å²) in [6.07, 6.45) is 4.90. The van der Waals surface area contributed by atoms with Crippen molar-refractivity contribution in [2.45, 2.75) is 45.1 Å². The lowest BCUT2D eigenvalue weighted by Crippen LogP contribution is -2.45. The van der Waals surface area contributed by atoms with E-state index in [0.29, 0.717) is 18.9 Å². The average Bonchev–Trinajstić information content (AvgIpc) is 3.04. The fraction of sp³-hybridized carbons (Fsp3) is 0.474. The number of hydrogen-bond acceptors (Lipinski definition) is 4. The van der Waals surface area contributed by atoms with E-state index in [0.717, 1.165) is 29.1 Å². The van der Waals surface area contributed by atoms with Gasteiger partial charge in [-0.3, -0.25) is 4.79 Å². The standard InChI is InChI=1S/C19H25N3OS.2ClH/c1-13-6-8-14(9-7-13)19-21-16(12-24-19)10-18(23)22-17-5-3-2-4-15(17)11-20;;/h6-9,12,15,17H,2-5,10-11,20H2,1H3,(H,22,23);2*1H. The molecule has 144 valence electrons. The molecule has 1 heterocycles. The van der Waals surface area contributed by atoms with Crippen LogP contribution in [0.5, 0.6) is 0 Å². The third kappa shape index (κ3) is 5.95. The van der Waals surface area contributed by atoms with Crippen LogP contribution >= 0.6 is 36.2 Å². The molecular weight excluding hydrogens is 389 g/mol. The summed E-state index contributed by atoms with van der Waals surface area (Å²) in [4.78, 5) is 17.0. The molecule has 1 aromatic carbocycles. The van der Waals surface area contributed by atoms with Crippen LogP contribution in [0.15, 0.2) is 29.6 Å². The van der Waals surface area contributed by atoms with Gasteiger partial charge in [0.25, 0.3) is 0 Å². The number of amides is 1. The fourth-order valence-electron chi connectivity index (χ4n) is 3.32. The Morgan fingerprint density at radius 2 is 1.92 bits per heavy atom. The summed E-state index contributed by atoms with van der Waals surface area (Å²) < 4.78 is 0. The van der Waals surface area contributed by atoms with Crippen molar-refractivity contribution < 1.29 is 4.79 Å². The van der Waals surface area contributed by atoms with Gasteiger partial charge in [-0.2, -0.15) is 0 Å². The van der Waals surface area contributed by atoms with Crippen molar-refractivity contribution in [1.82, 2.24) is 10.3 Å². The lowest BCUT2D eigenvalue weighted by molar-refractivity contribution is -0.121. The number of nitrogens with one attached hydrogen (secondary N) is 1. The van der Waals surface area contributed by atoms with Crippen LogP contribution in [0, 0.1) is 12.8 Å². The van der Waals surface area contributed by atoms with Crippen LogP contribution in [-0.4, -0.2) is 23.5 Å². The Balaban J connectivity index is 0.00000169. The molecule has 0 spiro atoms. The van der Waals surface area contributed by atoms with Gasteiger partial charge in [0.05, 0.1) is 12.1 Å². The van der Waals surface area contributed by atoms with Gasteiger partial charge in [0, 0.05) is 17.0 Å². The Kier molecular flexibility index (Phi) is 9.58. The number of halogens is 2. The molecule has 0 bridgehead atoms. The van der Waals surface area contributed by atoms with Gasteiger partial charge < -0.3 is 11.1 Å². The maximum atomic E-state index is 12.3. The topological polar surface area (TPSA) is 68.0 Å². The zero-order valence-electron chi connectivity index (χ0n) is 14.9. The molecule has 1 fully saturated rings. The highest BCUT2D eigenvalue weighted by Crippen LogP contribution is 2.25. The van der Waals surface area contributed by atoms with Crippen LogP contribution in [-0.2, 0) is 11.2 Å². The third-order valence-corrected chi connectivity index (χ3v) is 5.69. The number of hydrogen-bond donors (Lipinski definition) is 2. The number of aromatic nitrogens is 1. The van der Waals surface area contributed by atoms with E-state index in [1.165, 1.54) is 18.4 Å². The second-order valence-electron chi connectivity index (χ2n) is 6.64. The van der Waals surface area contributed by atoms with Crippen LogP contribution in [0.4, 0.5) is 0 Å². The molecule has 1 aliphatic rings. The Hall–Kier alpha value is -1.14. The number of benzene rings is 1. The zero-order chi connectivity index (χ0) is 16.9. The Bertz CT molecular complexity index is 690. The molecule has 1 aliphatic carbocycles. The van der Waals surface area contributed by atoms with E-state index in [4.69, 9.17) is 5.73 Å². The molecule has 0 aliphatic heterocycles. The quantitative estimate of drug-likeness (QED) is 0.770. The smallest absolute Gasteiger partial charge is 0.226 e. The number of thiazole rings is 1. The number of carbonyl (C=O) groups is 1. The van der Waals surface area contributed by atoms with Crippen LogP contribution in [0.1, 0.15) is 36.9 Å². The predicted molar refractivity (Wildman–Crippen MR) is 113 cm³/mol. The van der Waals surface area contributed by atoms with Crippen LogP contribution in [0.2, 0.25) is 0 Å². The van der Waals surface area contributed by atoms with Gasteiger partial charge >= 0.3 is 0 Å². The lowest BCUT2D eigenvalue weighted by atomic mass is 9.84. The second-order valence-corrected chi connectivity index (χ2v) is 7.50. The Morgan fingerprint density at radius 1 is 1.23 bits per heavy atom. The third-order valence-electron chi connectivity index (χ3n) is 4.75. The van der Waals surface area contributed by atoms with Gasteiger partial charge in [0.15, 0.2) is 0 Å². The molecule has 1 saturated carbocycles. The normalized spacial score (nSPS) is 19.2. The van der Waals surface area contributed by atoms with Crippen molar-refractivity contribution in [3.8, 4) is 10.6 Å². The maximum Gasteiger partial charge on any atom is 0.226 e. The molecular formula is C19H27Cl2N3OS. The number of nitrogens with two attached hydrogens (primary N) is 1. The zero-order valence-corrected chi connectivity index (χ0v) is 17.4. The van der Waals surface area contributed by atoms with Crippen LogP contribution in [0.3, 0.4) is 0 Å². The molecule has 3 rings (SSSR count). The monoisotopic (exact) mass is 415 g/mol. The molecule has 4 nitrogen and oxygen atoms in total. The van der Waals surface area contributed by atoms with Gasteiger partial charge in [-0.1, -0.05) is 42.7 Å². The summed E-state index contributed by atoms with van der Waals surface area (Å²) in [5, 5.41) is 6.12. The summed E-state index contributed by atoms with van der Waals surface area (Å²) in [5.41, 5.74) is 9.02. The summed E-state index contributed by atoms with van der Waals surface area (Å²) in [6.45, 7) is 2.72. The van der Waals surface area contributed by atoms with Gasteiger partial charge in [0.1, 0.15) is 5.01 Å². The molecule has 0 radical (unpaired) electrons. The Morgan fingerprint density at radius 3 is 2.62 bits per heavy atom. The van der Waals surface area contributed by atoms with E-state index in [2.05, 4.69) is 41.5 Å².